The van der Waals surface area contributed by atoms with Crippen LogP contribution in [0.5, 0.6) is 0 Å². The molecular formula is C14H20BrClN2. The number of alkyl halides is 1. The van der Waals surface area contributed by atoms with E-state index in [4.69, 9.17) is 11.6 Å². The van der Waals surface area contributed by atoms with Crippen molar-refractivity contribution in [2.24, 2.45) is 0 Å². The highest BCUT2D eigenvalue weighted by atomic mass is 79.9. The number of anilines is 1. The van der Waals surface area contributed by atoms with Gasteiger partial charge in [0.1, 0.15) is 0 Å². The van der Waals surface area contributed by atoms with Gasteiger partial charge in [0, 0.05) is 40.7 Å². The molecule has 0 spiro atoms. The van der Waals surface area contributed by atoms with Crippen molar-refractivity contribution >= 4 is 33.2 Å². The summed E-state index contributed by atoms with van der Waals surface area (Å²) in [6, 6.07) is 6.72. The molecule has 1 heterocycles. The molecule has 4 heteroatoms. The highest BCUT2D eigenvalue weighted by molar-refractivity contribution is 9.08. The highest BCUT2D eigenvalue weighted by Gasteiger charge is 2.22. The first-order valence-corrected chi connectivity index (χ1v) is 7.92. The molecule has 0 N–H and O–H groups in total. The molecule has 1 aromatic rings. The van der Waals surface area contributed by atoms with E-state index >= 15 is 0 Å². The average Bonchev–Trinajstić information content (AvgIpc) is 2.49. The maximum absolute atomic E-state index is 6.30. The first-order chi connectivity index (χ1) is 8.63. The van der Waals surface area contributed by atoms with Gasteiger partial charge in [-0.05, 0) is 39.1 Å². The van der Waals surface area contributed by atoms with Gasteiger partial charge in [-0.15, -0.1) is 0 Å². The molecule has 18 heavy (non-hydrogen) atoms. The van der Waals surface area contributed by atoms with Crippen LogP contribution in [0.25, 0.3) is 0 Å². The van der Waals surface area contributed by atoms with E-state index in [-0.39, 0.29) is 0 Å². The molecule has 1 atom stereocenters. The third-order valence-electron chi connectivity index (χ3n) is 3.58. The molecule has 1 fully saturated rings. The fraction of sp³-hybridized carbons (Fsp3) is 0.571. The van der Waals surface area contributed by atoms with E-state index in [0.717, 1.165) is 23.4 Å². The molecule has 0 aromatic heterocycles. The minimum absolute atomic E-state index is 0.522. The minimum Gasteiger partial charge on any atom is -0.367 e. The molecule has 1 aliphatic heterocycles. The summed E-state index contributed by atoms with van der Waals surface area (Å²) in [6.45, 7) is 5.67. The molecule has 0 saturated carbocycles. The first-order valence-electron chi connectivity index (χ1n) is 6.42. The summed E-state index contributed by atoms with van der Waals surface area (Å²) < 4.78 is 0. The Balaban J connectivity index is 2.32. The van der Waals surface area contributed by atoms with Crippen molar-refractivity contribution in [3.8, 4) is 0 Å². The lowest BCUT2D eigenvalue weighted by Gasteiger charge is -2.32. The zero-order valence-electron chi connectivity index (χ0n) is 11.0. The number of rotatable bonds is 2. The average molecular weight is 332 g/mol. The zero-order chi connectivity index (χ0) is 13.1. The number of benzene rings is 1. The van der Waals surface area contributed by atoms with Crippen LogP contribution in [-0.4, -0.2) is 37.6 Å². The van der Waals surface area contributed by atoms with Gasteiger partial charge in [0.25, 0.3) is 0 Å². The van der Waals surface area contributed by atoms with E-state index in [0.29, 0.717) is 6.04 Å². The maximum atomic E-state index is 6.30. The second kappa shape index (κ2) is 6.27. The van der Waals surface area contributed by atoms with E-state index in [9.17, 15) is 0 Å². The van der Waals surface area contributed by atoms with E-state index in [1.54, 1.807) is 0 Å². The summed E-state index contributed by atoms with van der Waals surface area (Å²) in [5, 5.41) is 1.66. The number of likely N-dealkylation sites (N-methyl/N-ethyl adjacent to an activating group) is 1. The fourth-order valence-electron chi connectivity index (χ4n) is 2.68. The summed E-state index contributed by atoms with van der Waals surface area (Å²) in [5.41, 5.74) is 2.48. The van der Waals surface area contributed by atoms with Crippen molar-refractivity contribution in [1.82, 2.24) is 4.90 Å². The topological polar surface area (TPSA) is 6.48 Å². The van der Waals surface area contributed by atoms with Gasteiger partial charge in [-0.3, -0.25) is 0 Å². The second-order valence-corrected chi connectivity index (χ2v) is 6.00. The molecule has 2 nitrogen and oxygen atoms in total. The van der Waals surface area contributed by atoms with Crippen LogP contribution in [-0.2, 0) is 5.33 Å². The van der Waals surface area contributed by atoms with Crippen molar-refractivity contribution in [1.29, 1.82) is 0 Å². The van der Waals surface area contributed by atoms with Crippen LogP contribution in [0.4, 0.5) is 5.69 Å². The largest absolute Gasteiger partial charge is 0.367 e. The molecule has 100 valence electrons. The fourth-order valence-corrected chi connectivity index (χ4v) is 3.67. The van der Waals surface area contributed by atoms with Crippen molar-refractivity contribution < 1.29 is 0 Å². The number of hydrogen-bond donors (Lipinski definition) is 0. The standard InChI is InChI=1S/C14H20BrClN2/c1-11-10-17(2)7-4-8-18(11)14-6-3-5-13(16)12(14)9-15/h3,5-6,11H,4,7-10H2,1-2H3. The summed E-state index contributed by atoms with van der Waals surface area (Å²) in [6.07, 6.45) is 1.20. The quantitative estimate of drug-likeness (QED) is 0.761. The summed E-state index contributed by atoms with van der Waals surface area (Å²) in [5.74, 6) is 0. The molecule has 1 aromatic carbocycles. The Morgan fingerprint density at radius 3 is 2.89 bits per heavy atom. The zero-order valence-corrected chi connectivity index (χ0v) is 13.3. The number of hydrogen-bond acceptors (Lipinski definition) is 2. The SMILES string of the molecule is CC1CN(C)CCCN1c1cccc(Cl)c1CBr. The lowest BCUT2D eigenvalue weighted by atomic mass is 10.1. The van der Waals surface area contributed by atoms with Crippen LogP contribution in [0.1, 0.15) is 18.9 Å². The van der Waals surface area contributed by atoms with E-state index in [1.807, 2.05) is 12.1 Å². The molecule has 1 unspecified atom stereocenters. The molecule has 0 radical (unpaired) electrons. The minimum atomic E-state index is 0.522. The lowest BCUT2D eigenvalue weighted by molar-refractivity contribution is 0.337. The normalized spacial score (nSPS) is 22.0. The lowest BCUT2D eigenvalue weighted by Crippen LogP contribution is -2.38. The van der Waals surface area contributed by atoms with Crippen molar-refractivity contribution in [3.63, 3.8) is 0 Å². The van der Waals surface area contributed by atoms with Crippen LogP contribution < -0.4 is 4.90 Å². The van der Waals surface area contributed by atoms with Gasteiger partial charge < -0.3 is 9.80 Å². The van der Waals surface area contributed by atoms with E-state index in [2.05, 4.69) is 45.8 Å². The Labute approximate surface area is 123 Å². The molecule has 1 aliphatic rings. The highest BCUT2D eigenvalue weighted by Crippen LogP contribution is 2.31. The van der Waals surface area contributed by atoms with Crippen molar-refractivity contribution in [2.75, 3.05) is 31.6 Å². The smallest absolute Gasteiger partial charge is 0.0467 e. The van der Waals surface area contributed by atoms with Crippen LogP contribution in [0.15, 0.2) is 18.2 Å². The molecular weight excluding hydrogens is 312 g/mol. The van der Waals surface area contributed by atoms with Crippen LogP contribution >= 0.6 is 27.5 Å². The second-order valence-electron chi connectivity index (χ2n) is 5.03. The summed E-state index contributed by atoms with van der Waals surface area (Å²) in [4.78, 5) is 4.90. The number of nitrogens with zero attached hydrogens (tertiary/aromatic N) is 2. The molecule has 0 bridgehead atoms. The van der Waals surface area contributed by atoms with Gasteiger partial charge >= 0.3 is 0 Å². The first kappa shape index (κ1) is 14.2. The van der Waals surface area contributed by atoms with Crippen molar-refractivity contribution in [2.45, 2.75) is 24.7 Å². The molecule has 0 amide bonds. The predicted molar refractivity (Wildman–Crippen MR) is 83.0 cm³/mol. The van der Waals surface area contributed by atoms with Gasteiger partial charge in [0.15, 0.2) is 0 Å². The summed E-state index contributed by atoms with van der Waals surface area (Å²) in [7, 11) is 2.20. The monoisotopic (exact) mass is 330 g/mol. The Bertz CT molecular complexity index is 411. The third-order valence-corrected chi connectivity index (χ3v) is 4.50. The van der Waals surface area contributed by atoms with Gasteiger partial charge in [-0.1, -0.05) is 33.6 Å². The number of halogens is 2. The van der Waals surface area contributed by atoms with Gasteiger partial charge in [0.05, 0.1) is 0 Å². The van der Waals surface area contributed by atoms with Gasteiger partial charge in [0.2, 0.25) is 0 Å². The Kier molecular flexibility index (Phi) is 4.93. The Morgan fingerprint density at radius 1 is 1.39 bits per heavy atom. The van der Waals surface area contributed by atoms with Gasteiger partial charge in [-0.25, -0.2) is 0 Å². The maximum Gasteiger partial charge on any atom is 0.0467 e. The predicted octanol–water partition coefficient (Wildman–Crippen LogP) is 3.77. The summed E-state index contributed by atoms with van der Waals surface area (Å²) >= 11 is 9.85. The van der Waals surface area contributed by atoms with Crippen LogP contribution in [0.2, 0.25) is 5.02 Å². The molecule has 1 saturated heterocycles. The van der Waals surface area contributed by atoms with Crippen molar-refractivity contribution in [3.05, 3.63) is 28.8 Å². The third kappa shape index (κ3) is 3.01. The van der Waals surface area contributed by atoms with Crippen LogP contribution in [0, 0.1) is 0 Å². The van der Waals surface area contributed by atoms with E-state index < -0.39 is 0 Å². The Hall–Kier alpha value is -0.250. The van der Waals surface area contributed by atoms with E-state index in [1.165, 1.54) is 24.2 Å². The Morgan fingerprint density at radius 2 is 2.17 bits per heavy atom. The molecule has 2 rings (SSSR count). The van der Waals surface area contributed by atoms with Crippen LogP contribution in [0.3, 0.4) is 0 Å². The van der Waals surface area contributed by atoms with Gasteiger partial charge in [-0.2, -0.15) is 0 Å². The molecule has 0 aliphatic carbocycles.